The number of alkyl halides is 3. The molecule has 0 spiro atoms. The number of methoxy groups -OCH3 is 1. The maximum absolute atomic E-state index is 13.7. The summed E-state index contributed by atoms with van der Waals surface area (Å²) in [6.45, 7) is 1.49. The molecule has 6 nitrogen and oxygen atoms in total. The molecule has 33 heavy (non-hydrogen) atoms. The average molecular weight is 463 g/mol. The molecule has 3 aromatic rings. The van der Waals surface area contributed by atoms with Crippen molar-refractivity contribution in [3.05, 3.63) is 86.6 Å². The van der Waals surface area contributed by atoms with Crippen molar-refractivity contribution in [1.82, 2.24) is 14.3 Å². The monoisotopic (exact) mass is 463 g/mol. The molecule has 174 valence electrons. The van der Waals surface area contributed by atoms with E-state index in [0.29, 0.717) is 43.2 Å². The Bertz CT molecular complexity index is 1260. The molecule has 1 aromatic heterocycles. The number of halogens is 4. The van der Waals surface area contributed by atoms with Crippen LogP contribution in [0, 0.1) is 5.82 Å². The Morgan fingerprint density at radius 1 is 1.12 bits per heavy atom. The molecule has 2 heterocycles. The highest BCUT2D eigenvalue weighted by molar-refractivity contribution is 5.89. The van der Waals surface area contributed by atoms with Gasteiger partial charge in [-0.1, -0.05) is 12.1 Å². The minimum Gasteiger partial charge on any atom is -0.465 e. The van der Waals surface area contributed by atoms with E-state index in [-0.39, 0.29) is 5.69 Å². The summed E-state index contributed by atoms with van der Waals surface area (Å²) in [5.74, 6) is -1.81. The zero-order valence-electron chi connectivity index (χ0n) is 17.9. The molecule has 0 fully saturated rings. The lowest BCUT2D eigenvalue weighted by Gasteiger charge is -2.26. The maximum atomic E-state index is 13.7. The number of rotatable bonds is 4. The zero-order valence-corrected chi connectivity index (χ0v) is 17.9. The normalized spacial score (nSPS) is 14.2. The van der Waals surface area contributed by atoms with Crippen LogP contribution in [-0.4, -0.2) is 33.9 Å². The number of hydrogen-bond donors (Lipinski definition) is 0. The lowest BCUT2D eigenvalue weighted by molar-refractivity contribution is -0.140. The molecular weight excluding hydrogens is 442 g/mol. The molecule has 0 bridgehead atoms. The highest BCUT2D eigenvalue weighted by Gasteiger charge is 2.35. The van der Waals surface area contributed by atoms with E-state index in [2.05, 4.69) is 4.74 Å². The number of esters is 1. The van der Waals surface area contributed by atoms with Crippen LogP contribution in [0.2, 0.25) is 0 Å². The average Bonchev–Trinajstić information content (AvgIpc) is 3.03. The van der Waals surface area contributed by atoms with Gasteiger partial charge in [-0.15, -0.1) is 0 Å². The van der Waals surface area contributed by atoms with E-state index >= 15 is 0 Å². The smallest absolute Gasteiger partial charge is 0.419 e. The summed E-state index contributed by atoms with van der Waals surface area (Å²) in [5, 5.41) is 0. The number of nitrogens with zero attached hydrogens (tertiary/aromatic N) is 3. The zero-order chi connectivity index (χ0) is 23.9. The Kier molecular flexibility index (Phi) is 5.87. The first-order chi connectivity index (χ1) is 15.6. The summed E-state index contributed by atoms with van der Waals surface area (Å²) < 4.78 is 60.5. The van der Waals surface area contributed by atoms with E-state index in [9.17, 15) is 27.2 Å². The quantitative estimate of drug-likeness (QED) is 0.438. The summed E-state index contributed by atoms with van der Waals surface area (Å²) in [5.41, 5.74) is 0.709. The molecule has 1 aliphatic heterocycles. The van der Waals surface area contributed by atoms with Crippen LogP contribution < -0.4 is 5.56 Å². The van der Waals surface area contributed by atoms with Gasteiger partial charge >= 0.3 is 12.1 Å². The molecule has 4 rings (SSSR count). The minimum absolute atomic E-state index is 0.0458. The van der Waals surface area contributed by atoms with Gasteiger partial charge in [-0.2, -0.15) is 13.2 Å². The van der Waals surface area contributed by atoms with Crippen molar-refractivity contribution in [2.24, 2.45) is 7.05 Å². The van der Waals surface area contributed by atoms with Crippen molar-refractivity contribution in [2.75, 3.05) is 13.7 Å². The van der Waals surface area contributed by atoms with Crippen LogP contribution in [0.4, 0.5) is 17.6 Å². The second-order valence-electron chi connectivity index (χ2n) is 7.88. The predicted molar refractivity (Wildman–Crippen MR) is 112 cm³/mol. The van der Waals surface area contributed by atoms with Gasteiger partial charge in [0.05, 0.1) is 29.5 Å². The Morgan fingerprint density at radius 2 is 1.82 bits per heavy atom. The second kappa shape index (κ2) is 8.51. The van der Waals surface area contributed by atoms with Crippen molar-refractivity contribution in [2.45, 2.75) is 25.7 Å². The van der Waals surface area contributed by atoms with Crippen LogP contribution in [-0.2, 0) is 37.5 Å². The second-order valence-corrected chi connectivity index (χ2v) is 7.88. The van der Waals surface area contributed by atoms with Gasteiger partial charge in [-0.05, 0) is 35.9 Å². The lowest BCUT2D eigenvalue weighted by atomic mass is 10.1. The fourth-order valence-corrected chi connectivity index (χ4v) is 4.15. The molecule has 0 radical (unpaired) electrons. The van der Waals surface area contributed by atoms with E-state index < -0.39 is 29.1 Å². The van der Waals surface area contributed by atoms with Crippen LogP contribution in [0.25, 0.3) is 5.69 Å². The fraction of sp³-hybridized carbons (Fsp3) is 0.304. The molecular formula is C23H21F4N3O3. The Balaban J connectivity index is 1.61. The van der Waals surface area contributed by atoms with E-state index in [1.54, 1.807) is 19.2 Å². The van der Waals surface area contributed by atoms with E-state index in [1.807, 2.05) is 17.0 Å². The molecule has 2 aromatic carbocycles. The number of fused-ring (bicyclic) bond motifs is 1. The molecule has 10 heteroatoms. The highest BCUT2D eigenvalue weighted by atomic mass is 19.4. The van der Waals surface area contributed by atoms with Crippen LogP contribution in [0.5, 0.6) is 0 Å². The minimum atomic E-state index is -4.87. The predicted octanol–water partition coefficient (Wildman–Crippen LogP) is 3.68. The van der Waals surface area contributed by atoms with Crippen LogP contribution in [0.15, 0.2) is 47.3 Å². The van der Waals surface area contributed by atoms with Gasteiger partial charge in [0.15, 0.2) is 0 Å². The molecule has 0 atom stereocenters. The summed E-state index contributed by atoms with van der Waals surface area (Å²) in [4.78, 5) is 26.7. The SMILES string of the molecule is COC(=O)c1ccc(CN2CCc3c(c(=O)n(-c4ccc(F)c(C(F)(F)F)c4)n3C)C2)cc1. The fourth-order valence-electron chi connectivity index (χ4n) is 4.15. The standard InChI is InChI=1S/C23H21F4N3O3/c1-28-20-9-10-29(12-14-3-5-15(6-4-14)22(32)33-2)13-17(20)21(31)30(28)16-7-8-19(24)18(11-16)23(25,26)27/h3-8,11H,9-10,12-13H2,1-2H3. The van der Waals surface area contributed by atoms with Crippen LogP contribution >= 0.6 is 0 Å². The highest BCUT2D eigenvalue weighted by Crippen LogP contribution is 2.32. The number of carbonyl (C=O) groups is 1. The number of hydrogen-bond acceptors (Lipinski definition) is 4. The molecule has 0 aliphatic carbocycles. The first-order valence-electron chi connectivity index (χ1n) is 10.2. The van der Waals surface area contributed by atoms with Gasteiger partial charge in [-0.25, -0.2) is 13.9 Å². The van der Waals surface area contributed by atoms with E-state index in [1.165, 1.54) is 11.8 Å². The van der Waals surface area contributed by atoms with Gasteiger partial charge in [0, 0.05) is 38.8 Å². The summed E-state index contributed by atoms with van der Waals surface area (Å²) in [7, 11) is 2.92. The summed E-state index contributed by atoms with van der Waals surface area (Å²) in [6, 6.07) is 9.49. The largest absolute Gasteiger partial charge is 0.465 e. The number of aromatic nitrogens is 2. The van der Waals surface area contributed by atoms with Crippen molar-refractivity contribution < 1.29 is 27.1 Å². The molecule has 0 amide bonds. The van der Waals surface area contributed by atoms with E-state index in [0.717, 1.165) is 28.1 Å². The van der Waals surface area contributed by atoms with Crippen molar-refractivity contribution >= 4 is 5.97 Å². The topological polar surface area (TPSA) is 56.5 Å². The van der Waals surface area contributed by atoms with Crippen molar-refractivity contribution in [3.8, 4) is 5.69 Å². The number of carbonyl (C=O) groups excluding carboxylic acids is 1. The van der Waals surface area contributed by atoms with Crippen molar-refractivity contribution in [1.29, 1.82) is 0 Å². The number of ether oxygens (including phenoxy) is 1. The molecule has 0 unspecified atom stereocenters. The Morgan fingerprint density at radius 3 is 2.45 bits per heavy atom. The molecule has 0 saturated heterocycles. The molecule has 0 N–H and O–H groups in total. The first kappa shape index (κ1) is 22.8. The van der Waals surface area contributed by atoms with Crippen LogP contribution in [0.1, 0.15) is 32.7 Å². The third-order valence-electron chi connectivity index (χ3n) is 5.82. The molecule has 0 saturated carbocycles. The summed E-state index contributed by atoms with van der Waals surface area (Å²) >= 11 is 0. The van der Waals surface area contributed by atoms with Gasteiger partial charge in [0.2, 0.25) is 0 Å². The third-order valence-corrected chi connectivity index (χ3v) is 5.82. The van der Waals surface area contributed by atoms with Gasteiger partial charge in [0.1, 0.15) is 5.82 Å². The summed E-state index contributed by atoms with van der Waals surface area (Å²) in [6.07, 6.45) is -4.34. The van der Waals surface area contributed by atoms with Gasteiger partial charge in [0.25, 0.3) is 5.56 Å². The Labute approximate surface area is 186 Å². The van der Waals surface area contributed by atoms with E-state index in [4.69, 9.17) is 0 Å². The van der Waals surface area contributed by atoms with Gasteiger partial charge in [-0.3, -0.25) is 14.4 Å². The maximum Gasteiger partial charge on any atom is 0.419 e. The Hall–Kier alpha value is -3.40. The third kappa shape index (κ3) is 4.30. The van der Waals surface area contributed by atoms with Crippen LogP contribution in [0.3, 0.4) is 0 Å². The van der Waals surface area contributed by atoms with Gasteiger partial charge < -0.3 is 4.74 Å². The first-order valence-corrected chi connectivity index (χ1v) is 10.2. The van der Waals surface area contributed by atoms with Crippen molar-refractivity contribution in [3.63, 3.8) is 0 Å². The number of benzene rings is 2. The molecule has 1 aliphatic rings. The lowest BCUT2D eigenvalue weighted by Crippen LogP contribution is -2.32.